The van der Waals surface area contributed by atoms with Crippen LogP contribution in [0.4, 0.5) is 0 Å². The van der Waals surface area contributed by atoms with Gasteiger partial charge >= 0.3 is 5.97 Å². The molecule has 4 heteroatoms. The van der Waals surface area contributed by atoms with Crippen molar-refractivity contribution in [3.63, 3.8) is 0 Å². The van der Waals surface area contributed by atoms with Crippen LogP contribution in [-0.2, 0) is 4.79 Å². The Balaban J connectivity index is 2.32. The molecule has 0 saturated heterocycles. The highest BCUT2D eigenvalue weighted by Crippen LogP contribution is 2.30. The Morgan fingerprint density at radius 1 is 1.18 bits per heavy atom. The molecule has 3 N–H and O–H groups in total. The normalized spacial score (nSPS) is 14.2. The van der Waals surface area contributed by atoms with Gasteiger partial charge in [0.15, 0.2) is 0 Å². The third kappa shape index (κ3) is 2.54. The molecule has 1 aromatic carbocycles. The fourth-order valence-corrected chi connectivity index (χ4v) is 2.52. The van der Waals surface area contributed by atoms with Gasteiger partial charge in [-0.05, 0) is 28.0 Å². The van der Waals surface area contributed by atoms with Crippen LogP contribution in [0.3, 0.4) is 0 Å². The van der Waals surface area contributed by atoms with Crippen molar-refractivity contribution in [2.45, 2.75) is 12.0 Å². The molecule has 0 aliphatic rings. The second-order valence-electron chi connectivity index (χ2n) is 3.81. The van der Waals surface area contributed by atoms with Crippen molar-refractivity contribution >= 4 is 17.3 Å². The Morgan fingerprint density at radius 3 is 2.41 bits per heavy atom. The first-order valence-electron chi connectivity index (χ1n) is 5.25. The molecule has 0 radical (unpaired) electrons. The summed E-state index contributed by atoms with van der Waals surface area (Å²) in [7, 11) is 0. The first-order chi connectivity index (χ1) is 8.20. The van der Waals surface area contributed by atoms with Crippen LogP contribution in [0.25, 0.3) is 0 Å². The Bertz CT molecular complexity index is 481. The summed E-state index contributed by atoms with van der Waals surface area (Å²) in [6.45, 7) is 0. The summed E-state index contributed by atoms with van der Waals surface area (Å²) in [6.07, 6.45) is 0. The number of aliphatic carboxylic acids is 1. The number of rotatable bonds is 4. The van der Waals surface area contributed by atoms with Gasteiger partial charge in [-0.25, -0.2) is 0 Å². The number of carboxylic acid groups (broad SMARTS) is 1. The van der Waals surface area contributed by atoms with Crippen LogP contribution in [-0.4, -0.2) is 11.1 Å². The number of carboxylic acids is 1. The molecule has 2 rings (SSSR count). The summed E-state index contributed by atoms with van der Waals surface area (Å²) < 4.78 is 0. The third-order valence-electron chi connectivity index (χ3n) is 2.71. The van der Waals surface area contributed by atoms with E-state index in [0.29, 0.717) is 0 Å². The molecule has 2 aromatic rings. The fourth-order valence-electron chi connectivity index (χ4n) is 1.82. The molecule has 0 fully saturated rings. The molecular formula is C13H13NO2S. The number of hydrogen-bond donors (Lipinski definition) is 2. The minimum absolute atomic E-state index is 0.525. The van der Waals surface area contributed by atoms with E-state index in [-0.39, 0.29) is 0 Å². The Labute approximate surface area is 104 Å². The van der Waals surface area contributed by atoms with Crippen molar-refractivity contribution in [2.75, 3.05) is 0 Å². The number of benzene rings is 1. The molecule has 17 heavy (non-hydrogen) atoms. The van der Waals surface area contributed by atoms with Gasteiger partial charge in [0, 0.05) is 6.04 Å². The average molecular weight is 247 g/mol. The lowest BCUT2D eigenvalue weighted by Crippen LogP contribution is -2.26. The fraction of sp³-hybridized carbons (Fsp3) is 0.154. The summed E-state index contributed by atoms with van der Waals surface area (Å²) in [6, 6.07) is 10.6. The van der Waals surface area contributed by atoms with Crippen LogP contribution in [0.2, 0.25) is 0 Å². The summed E-state index contributed by atoms with van der Waals surface area (Å²) in [5.41, 5.74) is 7.66. The molecule has 0 bridgehead atoms. The predicted molar refractivity (Wildman–Crippen MR) is 68.1 cm³/mol. The number of carbonyl (C=O) groups is 1. The summed E-state index contributed by atoms with van der Waals surface area (Å²) >= 11 is 1.48. The molecule has 88 valence electrons. The van der Waals surface area contributed by atoms with Crippen molar-refractivity contribution < 1.29 is 9.90 Å². The van der Waals surface area contributed by atoms with E-state index in [4.69, 9.17) is 5.73 Å². The Kier molecular flexibility index (Phi) is 3.56. The van der Waals surface area contributed by atoms with Crippen LogP contribution < -0.4 is 5.73 Å². The smallest absolute Gasteiger partial charge is 0.312 e. The molecule has 2 unspecified atom stereocenters. The zero-order valence-electron chi connectivity index (χ0n) is 9.11. The van der Waals surface area contributed by atoms with Gasteiger partial charge in [0.05, 0.1) is 0 Å². The van der Waals surface area contributed by atoms with Gasteiger partial charge in [-0.3, -0.25) is 4.79 Å². The van der Waals surface area contributed by atoms with Crippen LogP contribution in [0.15, 0.2) is 47.2 Å². The van der Waals surface area contributed by atoms with E-state index in [9.17, 15) is 9.90 Å². The molecule has 0 amide bonds. The molecule has 1 aromatic heterocycles. The Morgan fingerprint density at radius 2 is 1.88 bits per heavy atom. The van der Waals surface area contributed by atoms with Gasteiger partial charge in [0.25, 0.3) is 0 Å². The summed E-state index contributed by atoms with van der Waals surface area (Å²) in [5, 5.41) is 13.0. The molecule has 3 nitrogen and oxygen atoms in total. The maximum atomic E-state index is 11.3. The highest BCUT2D eigenvalue weighted by Gasteiger charge is 2.28. The van der Waals surface area contributed by atoms with E-state index in [1.165, 1.54) is 11.3 Å². The predicted octanol–water partition coefficient (Wildman–Crippen LogP) is 2.62. The minimum atomic E-state index is -0.889. The van der Waals surface area contributed by atoms with Crippen LogP contribution in [0.1, 0.15) is 23.1 Å². The highest BCUT2D eigenvalue weighted by atomic mass is 32.1. The van der Waals surface area contributed by atoms with Gasteiger partial charge in [-0.15, -0.1) is 0 Å². The summed E-state index contributed by atoms with van der Waals surface area (Å²) in [5.74, 6) is -1.58. The molecular weight excluding hydrogens is 234 g/mol. The van der Waals surface area contributed by atoms with Crippen LogP contribution >= 0.6 is 11.3 Å². The second-order valence-corrected chi connectivity index (χ2v) is 4.59. The monoisotopic (exact) mass is 247 g/mol. The SMILES string of the molecule is NC(c1ccccc1)C(C(=O)O)c1ccsc1. The Hall–Kier alpha value is -1.65. The molecule has 0 saturated carbocycles. The third-order valence-corrected chi connectivity index (χ3v) is 3.41. The number of thiophene rings is 1. The quantitative estimate of drug-likeness (QED) is 0.873. The van der Waals surface area contributed by atoms with Gasteiger partial charge in [0.2, 0.25) is 0 Å². The van der Waals surface area contributed by atoms with Crippen molar-refractivity contribution in [2.24, 2.45) is 5.73 Å². The van der Waals surface area contributed by atoms with E-state index in [0.717, 1.165) is 11.1 Å². The highest BCUT2D eigenvalue weighted by molar-refractivity contribution is 7.08. The number of hydrogen-bond acceptors (Lipinski definition) is 3. The van der Waals surface area contributed by atoms with Gasteiger partial charge < -0.3 is 10.8 Å². The second kappa shape index (κ2) is 5.12. The van der Waals surface area contributed by atoms with Crippen molar-refractivity contribution in [1.29, 1.82) is 0 Å². The molecule has 0 aliphatic carbocycles. The lowest BCUT2D eigenvalue weighted by atomic mass is 9.89. The van der Waals surface area contributed by atoms with E-state index >= 15 is 0 Å². The van der Waals surface area contributed by atoms with Crippen molar-refractivity contribution in [3.8, 4) is 0 Å². The van der Waals surface area contributed by atoms with Crippen LogP contribution in [0.5, 0.6) is 0 Å². The van der Waals surface area contributed by atoms with Crippen LogP contribution in [0, 0.1) is 0 Å². The van der Waals surface area contributed by atoms with Gasteiger partial charge in [-0.2, -0.15) is 11.3 Å². The standard InChI is InChI=1S/C13H13NO2S/c14-12(9-4-2-1-3-5-9)11(13(15)16)10-6-7-17-8-10/h1-8,11-12H,14H2,(H,15,16). The zero-order valence-corrected chi connectivity index (χ0v) is 9.93. The number of nitrogens with two attached hydrogens (primary N) is 1. The minimum Gasteiger partial charge on any atom is -0.481 e. The van der Waals surface area contributed by atoms with E-state index < -0.39 is 17.9 Å². The average Bonchev–Trinajstić information content (AvgIpc) is 2.83. The summed E-state index contributed by atoms with van der Waals surface area (Å²) in [4.78, 5) is 11.3. The zero-order chi connectivity index (χ0) is 12.3. The lowest BCUT2D eigenvalue weighted by molar-refractivity contribution is -0.139. The molecule has 0 spiro atoms. The molecule has 1 heterocycles. The van der Waals surface area contributed by atoms with Gasteiger partial charge in [-0.1, -0.05) is 30.3 Å². The maximum absolute atomic E-state index is 11.3. The first kappa shape index (κ1) is 11.8. The van der Waals surface area contributed by atoms with Gasteiger partial charge in [0.1, 0.15) is 5.92 Å². The molecule has 0 aliphatic heterocycles. The molecule has 2 atom stereocenters. The van der Waals surface area contributed by atoms with E-state index in [2.05, 4.69) is 0 Å². The van der Waals surface area contributed by atoms with Crippen molar-refractivity contribution in [3.05, 3.63) is 58.3 Å². The lowest BCUT2D eigenvalue weighted by Gasteiger charge is -2.19. The largest absolute Gasteiger partial charge is 0.481 e. The first-order valence-corrected chi connectivity index (χ1v) is 6.20. The van der Waals surface area contributed by atoms with Crippen molar-refractivity contribution in [1.82, 2.24) is 0 Å². The van der Waals surface area contributed by atoms with E-state index in [1.807, 2.05) is 47.2 Å². The van der Waals surface area contributed by atoms with E-state index in [1.54, 1.807) is 0 Å². The topological polar surface area (TPSA) is 63.3 Å². The maximum Gasteiger partial charge on any atom is 0.312 e.